The number of pyridine rings is 1. The first-order valence-corrected chi connectivity index (χ1v) is 7.70. The number of hydrogen-bond acceptors (Lipinski definition) is 8. The van der Waals surface area contributed by atoms with Crippen molar-refractivity contribution in [3.63, 3.8) is 0 Å². The Hall–Kier alpha value is -2.50. The van der Waals surface area contributed by atoms with Crippen molar-refractivity contribution >= 4 is 16.9 Å². The molecule has 10 nitrogen and oxygen atoms in total. The van der Waals surface area contributed by atoms with E-state index in [1.165, 1.54) is 18.2 Å². The molecule has 2 aromatic rings. The molecule has 1 aliphatic rings. The number of aromatic nitrogens is 1. The predicted molar refractivity (Wildman–Crippen MR) is 85.9 cm³/mol. The number of carbonyl (C=O) groups is 1. The molecule has 0 amide bonds. The third kappa shape index (κ3) is 3.16. The molecule has 2 unspecified atom stereocenters. The molecule has 1 saturated heterocycles. The van der Waals surface area contributed by atoms with E-state index >= 15 is 0 Å². The number of aromatic amines is 1. The van der Waals surface area contributed by atoms with Crippen molar-refractivity contribution in [3.8, 4) is 5.75 Å². The van der Waals surface area contributed by atoms with Crippen LogP contribution in [0.25, 0.3) is 10.9 Å². The first kappa shape index (κ1) is 18.3. The molecule has 1 fully saturated rings. The number of carboxylic acid groups (broad SMARTS) is 1. The van der Waals surface area contributed by atoms with Crippen LogP contribution in [0.4, 0.5) is 0 Å². The number of benzene rings is 1. The van der Waals surface area contributed by atoms with Crippen molar-refractivity contribution in [1.82, 2.24) is 4.98 Å². The lowest BCUT2D eigenvalue weighted by molar-refractivity contribution is -0.277. The summed E-state index contributed by atoms with van der Waals surface area (Å²) in [7, 11) is 0. The number of aromatic carboxylic acids is 1. The lowest BCUT2D eigenvalue weighted by Crippen LogP contribution is -2.60. The average molecular weight is 367 g/mol. The zero-order chi connectivity index (χ0) is 19.0. The fourth-order valence-electron chi connectivity index (χ4n) is 2.75. The van der Waals surface area contributed by atoms with Crippen molar-refractivity contribution in [2.75, 3.05) is 6.61 Å². The number of fused-ring (bicyclic) bond motifs is 1. The van der Waals surface area contributed by atoms with Gasteiger partial charge >= 0.3 is 5.97 Å². The van der Waals surface area contributed by atoms with Crippen LogP contribution in [-0.4, -0.2) is 73.8 Å². The normalized spacial score (nSPS) is 28.8. The Balaban J connectivity index is 2.00. The summed E-state index contributed by atoms with van der Waals surface area (Å²) in [5, 5.41) is 48.1. The summed E-state index contributed by atoms with van der Waals surface area (Å²) >= 11 is 0. The third-order valence-electron chi connectivity index (χ3n) is 4.15. The zero-order valence-corrected chi connectivity index (χ0v) is 13.3. The van der Waals surface area contributed by atoms with Crippen LogP contribution in [0.2, 0.25) is 0 Å². The molecule has 0 radical (unpaired) electrons. The monoisotopic (exact) mass is 367 g/mol. The van der Waals surface area contributed by atoms with Gasteiger partial charge in [0.1, 0.15) is 35.9 Å². The van der Waals surface area contributed by atoms with E-state index in [1.54, 1.807) is 0 Å². The van der Waals surface area contributed by atoms with Crippen molar-refractivity contribution < 1.29 is 39.8 Å². The molecule has 1 aromatic carbocycles. The van der Waals surface area contributed by atoms with Crippen LogP contribution in [0, 0.1) is 0 Å². The number of carboxylic acids is 1. The molecule has 1 aliphatic heterocycles. The summed E-state index contributed by atoms with van der Waals surface area (Å²) in [5.74, 6) is -1.35. The van der Waals surface area contributed by atoms with E-state index in [-0.39, 0.29) is 22.3 Å². The van der Waals surface area contributed by atoms with Gasteiger partial charge in [0.2, 0.25) is 6.29 Å². The smallest absolute Gasteiger partial charge is 0.352 e. The van der Waals surface area contributed by atoms with Crippen LogP contribution >= 0.6 is 0 Å². The van der Waals surface area contributed by atoms with Crippen molar-refractivity contribution in [2.45, 2.75) is 30.7 Å². The third-order valence-corrected chi connectivity index (χ3v) is 4.15. The molecule has 0 bridgehead atoms. The Labute approximate surface area is 145 Å². The molecule has 5 atom stereocenters. The van der Waals surface area contributed by atoms with E-state index in [9.17, 15) is 30.0 Å². The van der Waals surface area contributed by atoms with Gasteiger partial charge in [-0.3, -0.25) is 4.79 Å². The number of ether oxygens (including phenoxy) is 2. The second-order valence-electron chi connectivity index (χ2n) is 5.85. The Morgan fingerprint density at radius 1 is 1.19 bits per heavy atom. The number of aliphatic hydroxyl groups is 4. The Bertz CT molecular complexity index is 878. The van der Waals surface area contributed by atoms with E-state index in [2.05, 4.69) is 4.98 Å². The van der Waals surface area contributed by atoms with Gasteiger partial charge in [-0.15, -0.1) is 0 Å². The number of para-hydroxylation sites is 1. The molecule has 0 aliphatic carbocycles. The first-order valence-electron chi connectivity index (χ1n) is 7.70. The standard InChI is InChI=1S/C16H17NO9/c18-5-10-12(20)13(21)14(22)16(26-10)25-9-3-1-2-6-8(19)4-7(15(23)24)17-11(6)9/h1-4,10,12-14,16,18,20-22H,5H2,(H,17,19)(H,23,24)/t10?,12-,13?,14+,16-/m1/s1. The van der Waals surface area contributed by atoms with Gasteiger partial charge in [-0.05, 0) is 12.1 Å². The van der Waals surface area contributed by atoms with Gasteiger partial charge in [-0.25, -0.2) is 4.79 Å². The SMILES string of the molecule is O=C(O)c1cc(=O)c2cccc(O[C@@H]3OC(CO)[C@@H](O)C(O)[C@@H]3O)c2[nH]1. The van der Waals surface area contributed by atoms with E-state index in [0.717, 1.165) is 6.07 Å². The number of aliphatic hydroxyl groups excluding tert-OH is 4. The second-order valence-corrected chi connectivity index (χ2v) is 5.85. The minimum Gasteiger partial charge on any atom is -0.477 e. The highest BCUT2D eigenvalue weighted by atomic mass is 16.7. The molecular weight excluding hydrogens is 350 g/mol. The maximum absolute atomic E-state index is 12.1. The van der Waals surface area contributed by atoms with E-state index < -0.39 is 48.7 Å². The first-order chi connectivity index (χ1) is 12.3. The van der Waals surface area contributed by atoms with E-state index in [0.29, 0.717) is 0 Å². The summed E-state index contributed by atoms with van der Waals surface area (Å²) in [4.78, 5) is 25.8. The number of H-pyrrole nitrogens is 1. The Kier molecular flexibility index (Phi) is 4.94. The number of hydrogen-bond donors (Lipinski definition) is 6. The Morgan fingerprint density at radius 3 is 2.58 bits per heavy atom. The fraction of sp³-hybridized carbons (Fsp3) is 0.375. The van der Waals surface area contributed by atoms with Crippen LogP contribution in [-0.2, 0) is 4.74 Å². The highest BCUT2D eigenvalue weighted by molar-refractivity contribution is 5.91. The molecule has 6 N–H and O–H groups in total. The Morgan fingerprint density at radius 2 is 1.92 bits per heavy atom. The molecule has 26 heavy (non-hydrogen) atoms. The largest absolute Gasteiger partial charge is 0.477 e. The van der Waals surface area contributed by atoms with Crippen molar-refractivity contribution in [2.24, 2.45) is 0 Å². The van der Waals surface area contributed by atoms with Gasteiger partial charge in [0, 0.05) is 11.5 Å². The van der Waals surface area contributed by atoms with Crippen LogP contribution in [0.1, 0.15) is 10.5 Å². The van der Waals surface area contributed by atoms with Gasteiger partial charge in [0.15, 0.2) is 5.43 Å². The highest BCUT2D eigenvalue weighted by Gasteiger charge is 2.44. The second kappa shape index (κ2) is 7.02. The summed E-state index contributed by atoms with van der Waals surface area (Å²) in [5.41, 5.74) is -0.836. The summed E-state index contributed by atoms with van der Waals surface area (Å²) in [6.07, 6.45) is -7.44. The van der Waals surface area contributed by atoms with Gasteiger partial charge < -0.3 is 40.0 Å². The minimum atomic E-state index is -1.64. The van der Waals surface area contributed by atoms with Gasteiger partial charge in [-0.2, -0.15) is 0 Å². The molecule has 2 heterocycles. The zero-order valence-electron chi connectivity index (χ0n) is 13.3. The predicted octanol–water partition coefficient (Wildman–Crippen LogP) is -1.60. The maximum Gasteiger partial charge on any atom is 0.352 e. The van der Waals surface area contributed by atoms with Crippen LogP contribution in [0.5, 0.6) is 5.75 Å². The van der Waals surface area contributed by atoms with Gasteiger partial charge in [-0.1, -0.05) is 6.07 Å². The van der Waals surface area contributed by atoms with E-state index in [4.69, 9.17) is 14.6 Å². The highest BCUT2D eigenvalue weighted by Crippen LogP contribution is 2.28. The molecule has 0 saturated carbocycles. The van der Waals surface area contributed by atoms with Crippen LogP contribution in [0.3, 0.4) is 0 Å². The summed E-state index contributed by atoms with van der Waals surface area (Å²) < 4.78 is 10.8. The molecule has 1 aromatic heterocycles. The van der Waals surface area contributed by atoms with E-state index in [1.807, 2.05) is 0 Å². The summed E-state index contributed by atoms with van der Waals surface area (Å²) in [6.45, 7) is -0.625. The lowest BCUT2D eigenvalue weighted by atomic mass is 9.99. The number of nitrogens with one attached hydrogen (secondary N) is 1. The van der Waals surface area contributed by atoms with Crippen molar-refractivity contribution in [1.29, 1.82) is 0 Å². The molecule has 3 rings (SSSR count). The minimum absolute atomic E-state index is 0.00738. The molecule has 140 valence electrons. The van der Waals surface area contributed by atoms with Crippen LogP contribution in [0.15, 0.2) is 29.1 Å². The lowest BCUT2D eigenvalue weighted by Gasteiger charge is -2.39. The average Bonchev–Trinajstić information content (AvgIpc) is 2.62. The topological polar surface area (TPSA) is 170 Å². The molecular formula is C16H17NO9. The maximum atomic E-state index is 12.1. The van der Waals surface area contributed by atoms with Crippen molar-refractivity contribution in [3.05, 3.63) is 40.2 Å². The fourth-order valence-corrected chi connectivity index (χ4v) is 2.75. The quantitative estimate of drug-likeness (QED) is 0.373. The van der Waals surface area contributed by atoms with Gasteiger partial charge in [0.05, 0.1) is 12.1 Å². The van der Waals surface area contributed by atoms with Gasteiger partial charge in [0.25, 0.3) is 0 Å². The summed E-state index contributed by atoms with van der Waals surface area (Å²) in [6, 6.07) is 5.28. The number of rotatable bonds is 4. The molecule has 10 heteroatoms. The van der Waals surface area contributed by atoms with Crippen LogP contribution < -0.4 is 10.2 Å². The molecule has 0 spiro atoms.